The number of fused-ring (bicyclic) bond motifs is 1. The van der Waals surface area contributed by atoms with Gasteiger partial charge in [-0.15, -0.1) is 6.42 Å². The Hall–Kier alpha value is -2.84. The molecule has 3 rings (SSSR count). The Kier molecular flexibility index (Phi) is 5.01. The molecular weight excluding hydrogens is 332 g/mol. The van der Waals surface area contributed by atoms with Gasteiger partial charge in [0.25, 0.3) is 5.91 Å². The molecule has 4 nitrogen and oxygen atoms in total. The Balaban J connectivity index is 1.95. The minimum absolute atomic E-state index is 0.105. The van der Waals surface area contributed by atoms with Crippen LogP contribution in [0.25, 0.3) is 10.2 Å². The standard InChI is InChI=1S/C20H18N2O2S/c1-4-10-22-19-15(3)11-14(2)12-17(19)25-20(22)21-18(23)13-24-16-8-6-5-7-9-16/h1,5-9,11-12H,10,13H2,2-3H3. The summed E-state index contributed by atoms with van der Waals surface area (Å²) >= 11 is 1.47. The summed E-state index contributed by atoms with van der Waals surface area (Å²) in [7, 11) is 0. The number of hydrogen-bond donors (Lipinski definition) is 0. The zero-order valence-corrected chi connectivity index (χ0v) is 15.0. The molecule has 0 aliphatic heterocycles. The van der Waals surface area contributed by atoms with Gasteiger partial charge in [-0.25, -0.2) is 0 Å². The summed E-state index contributed by atoms with van der Waals surface area (Å²) in [5.74, 6) is 2.95. The number of para-hydroxylation sites is 1. The molecule has 1 amide bonds. The van der Waals surface area contributed by atoms with Gasteiger partial charge in [0.15, 0.2) is 11.4 Å². The van der Waals surface area contributed by atoms with Gasteiger partial charge in [-0.05, 0) is 43.2 Å². The third kappa shape index (κ3) is 3.81. The van der Waals surface area contributed by atoms with Crippen LogP contribution >= 0.6 is 11.3 Å². The number of terminal acetylenes is 1. The molecule has 0 atom stereocenters. The summed E-state index contributed by atoms with van der Waals surface area (Å²) in [6.07, 6.45) is 5.51. The Morgan fingerprint density at radius 1 is 1.28 bits per heavy atom. The predicted molar refractivity (Wildman–Crippen MR) is 101 cm³/mol. The van der Waals surface area contributed by atoms with Gasteiger partial charge in [0.2, 0.25) is 0 Å². The number of rotatable bonds is 4. The van der Waals surface area contributed by atoms with Crippen LogP contribution in [0.5, 0.6) is 5.75 Å². The van der Waals surface area contributed by atoms with Crippen LogP contribution in [-0.2, 0) is 11.3 Å². The van der Waals surface area contributed by atoms with Crippen molar-refractivity contribution in [3.8, 4) is 18.1 Å². The largest absolute Gasteiger partial charge is 0.484 e. The number of carbonyl (C=O) groups is 1. The van der Waals surface area contributed by atoms with Gasteiger partial charge < -0.3 is 9.30 Å². The quantitative estimate of drug-likeness (QED) is 0.677. The van der Waals surface area contributed by atoms with E-state index in [-0.39, 0.29) is 12.5 Å². The van der Waals surface area contributed by atoms with Crippen LogP contribution in [-0.4, -0.2) is 17.1 Å². The molecule has 5 heteroatoms. The lowest BCUT2D eigenvalue weighted by Crippen LogP contribution is -2.19. The zero-order valence-electron chi connectivity index (χ0n) is 14.2. The summed E-state index contributed by atoms with van der Waals surface area (Å²) in [4.78, 5) is 17.0. The number of thiazole rings is 1. The average Bonchev–Trinajstić information content (AvgIpc) is 2.91. The zero-order chi connectivity index (χ0) is 17.8. The molecule has 1 heterocycles. The second kappa shape index (κ2) is 7.37. The topological polar surface area (TPSA) is 43.6 Å². The molecule has 0 saturated carbocycles. The normalized spacial score (nSPS) is 11.5. The molecule has 2 aromatic carbocycles. The first kappa shape index (κ1) is 17.0. The molecule has 0 N–H and O–H groups in total. The lowest BCUT2D eigenvalue weighted by atomic mass is 10.1. The maximum absolute atomic E-state index is 12.2. The number of carbonyl (C=O) groups excluding carboxylic acids is 1. The number of hydrogen-bond acceptors (Lipinski definition) is 3. The Bertz CT molecular complexity index is 1020. The summed E-state index contributed by atoms with van der Waals surface area (Å²) in [5.41, 5.74) is 3.32. The van der Waals surface area contributed by atoms with Gasteiger partial charge in [-0.3, -0.25) is 4.79 Å². The number of amides is 1. The number of aromatic nitrogens is 1. The Labute approximate surface area is 150 Å². The second-order valence-corrected chi connectivity index (χ2v) is 6.72. The molecular formula is C20H18N2O2S. The molecule has 0 saturated heterocycles. The average molecular weight is 350 g/mol. The molecule has 0 spiro atoms. The van der Waals surface area contributed by atoms with Crippen LogP contribution in [0.4, 0.5) is 0 Å². The van der Waals surface area contributed by atoms with E-state index in [0.717, 1.165) is 15.8 Å². The second-order valence-electron chi connectivity index (χ2n) is 5.71. The molecule has 0 radical (unpaired) electrons. The van der Waals surface area contributed by atoms with Crippen molar-refractivity contribution < 1.29 is 9.53 Å². The molecule has 1 aromatic heterocycles. The maximum atomic E-state index is 12.2. The Morgan fingerprint density at radius 2 is 2.04 bits per heavy atom. The van der Waals surface area contributed by atoms with Gasteiger partial charge in [0.1, 0.15) is 5.75 Å². The first-order valence-electron chi connectivity index (χ1n) is 7.88. The van der Waals surface area contributed by atoms with E-state index < -0.39 is 0 Å². The summed E-state index contributed by atoms with van der Waals surface area (Å²) in [6.45, 7) is 4.36. The van der Waals surface area contributed by atoms with Crippen LogP contribution < -0.4 is 9.54 Å². The van der Waals surface area contributed by atoms with Crippen LogP contribution in [0.3, 0.4) is 0 Å². The van der Waals surface area contributed by atoms with E-state index >= 15 is 0 Å². The van der Waals surface area contributed by atoms with Gasteiger partial charge >= 0.3 is 0 Å². The third-order valence-corrected chi connectivity index (χ3v) is 4.71. The van der Waals surface area contributed by atoms with Gasteiger partial charge in [-0.2, -0.15) is 4.99 Å². The van der Waals surface area contributed by atoms with E-state index in [1.54, 1.807) is 12.1 Å². The smallest absolute Gasteiger partial charge is 0.286 e. The van der Waals surface area contributed by atoms with E-state index in [1.165, 1.54) is 16.9 Å². The van der Waals surface area contributed by atoms with E-state index in [9.17, 15) is 4.79 Å². The van der Waals surface area contributed by atoms with Crippen molar-refractivity contribution in [3.63, 3.8) is 0 Å². The minimum atomic E-state index is -0.337. The molecule has 0 fully saturated rings. The fourth-order valence-electron chi connectivity index (χ4n) is 2.72. The number of ether oxygens (including phenoxy) is 1. The summed E-state index contributed by atoms with van der Waals surface area (Å²) in [5, 5.41) is 0. The summed E-state index contributed by atoms with van der Waals surface area (Å²) < 4.78 is 8.45. The molecule has 25 heavy (non-hydrogen) atoms. The van der Waals surface area contributed by atoms with Gasteiger partial charge in [0, 0.05) is 0 Å². The van der Waals surface area contributed by atoms with Gasteiger partial charge in [-0.1, -0.05) is 41.5 Å². The highest BCUT2D eigenvalue weighted by Gasteiger charge is 2.10. The molecule has 0 aliphatic carbocycles. The highest BCUT2D eigenvalue weighted by atomic mass is 32.1. The lowest BCUT2D eigenvalue weighted by Gasteiger charge is -2.04. The lowest BCUT2D eigenvalue weighted by molar-refractivity contribution is -0.120. The molecule has 0 aliphatic rings. The van der Waals surface area contributed by atoms with Crippen molar-refractivity contribution >= 4 is 27.5 Å². The Morgan fingerprint density at radius 3 is 2.76 bits per heavy atom. The van der Waals surface area contributed by atoms with Crippen molar-refractivity contribution in [1.29, 1.82) is 0 Å². The highest BCUT2D eigenvalue weighted by Crippen LogP contribution is 2.23. The van der Waals surface area contributed by atoms with E-state index in [2.05, 4.69) is 23.0 Å². The van der Waals surface area contributed by atoms with Crippen LogP contribution in [0.15, 0.2) is 47.5 Å². The number of benzene rings is 2. The number of nitrogens with zero attached hydrogens (tertiary/aromatic N) is 2. The van der Waals surface area contributed by atoms with E-state index in [1.807, 2.05) is 36.6 Å². The van der Waals surface area contributed by atoms with Crippen molar-refractivity contribution in [3.05, 3.63) is 58.4 Å². The fourth-order valence-corrected chi connectivity index (χ4v) is 3.94. The van der Waals surface area contributed by atoms with Crippen LogP contribution in [0, 0.1) is 26.2 Å². The predicted octanol–water partition coefficient (Wildman–Crippen LogP) is 3.46. The molecule has 0 unspecified atom stereocenters. The van der Waals surface area contributed by atoms with Crippen LogP contribution in [0.1, 0.15) is 11.1 Å². The van der Waals surface area contributed by atoms with E-state index in [4.69, 9.17) is 11.2 Å². The molecule has 0 bridgehead atoms. The van der Waals surface area contributed by atoms with Crippen molar-refractivity contribution in [2.24, 2.45) is 4.99 Å². The van der Waals surface area contributed by atoms with Crippen molar-refractivity contribution in [1.82, 2.24) is 4.57 Å². The van der Waals surface area contributed by atoms with Crippen molar-refractivity contribution in [2.45, 2.75) is 20.4 Å². The number of aryl methyl sites for hydroxylation is 2. The fraction of sp³-hybridized carbons (Fsp3) is 0.200. The van der Waals surface area contributed by atoms with Crippen LogP contribution in [0.2, 0.25) is 0 Å². The summed E-state index contributed by atoms with van der Waals surface area (Å²) in [6, 6.07) is 13.4. The monoisotopic (exact) mass is 350 g/mol. The molecule has 3 aromatic rings. The van der Waals surface area contributed by atoms with Gasteiger partial charge in [0.05, 0.1) is 16.8 Å². The first-order valence-corrected chi connectivity index (χ1v) is 8.69. The SMILES string of the molecule is C#CCn1c(=NC(=O)COc2ccccc2)sc2cc(C)cc(C)c21. The molecule has 126 valence electrons. The first-order chi connectivity index (χ1) is 12.1. The van der Waals surface area contributed by atoms with E-state index in [0.29, 0.717) is 17.1 Å². The highest BCUT2D eigenvalue weighted by molar-refractivity contribution is 7.16. The minimum Gasteiger partial charge on any atom is -0.484 e. The maximum Gasteiger partial charge on any atom is 0.286 e. The van der Waals surface area contributed by atoms with Crippen molar-refractivity contribution in [2.75, 3.05) is 6.61 Å². The third-order valence-electron chi connectivity index (χ3n) is 3.69.